The average Bonchev–Trinajstić information content (AvgIpc) is 3.28. The number of aliphatic hydroxyl groups is 1. The lowest BCUT2D eigenvalue weighted by Crippen LogP contribution is -2.28. The molecule has 4 aromatic rings. The first kappa shape index (κ1) is 18.0. The lowest BCUT2D eigenvalue weighted by molar-refractivity contribution is 0.0834. The first-order valence-corrected chi connectivity index (χ1v) is 8.73. The van der Waals surface area contributed by atoms with E-state index in [0.717, 1.165) is 11.1 Å². The lowest BCUT2D eigenvalue weighted by Gasteiger charge is -2.07. The molecule has 3 N–H and O–H groups in total. The van der Waals surface area contributed by atoms with Crippen molar-refractivity contribution < 1.29 is 19.1 Å². The Morgan fingerprint density at radius 3 is 2.96 bits per heavy atom. The lowest BCUT2D eigenvalue weighted by atomic mass is 10.1. The van der Waals surface area contributed by atoms with Crippen LogP contribution in [0.3, 0.4) is 0 Å². The van der Waals surface area contributed by atoms with Crippen LogP contribution in [-0.4, -0.2) is 51.7 Å². The molecule has 9 nitrogen and oxygen atoms in total. The van der Waals surface area contributed by atoms with Gasteiger partial charge in [0.25, 0.3) is 5.91 Å². The summed E-state index contributed by atoms with van der Waals surface area (Å²) in [7, 11) is 0. The molecule has 144 valence electrons. The van der Waals surface area contributed by atoms with Crippen LogP contribution in [0, 0.1) is 0 Å². The fourth-order valence-electron chi connectivity index (χ4n) is 2.94. The van der Waals surface area contributed by atoms with Crippen LogP contribution in [0.5, 0.6) is 0 Å². The highest BCUT2D eigenvalue weighted by Crippen LogP contribution is 2.24. The minimum absolute atomic E-state index is 0.0531. The quantitative estimate of drug-likeness (QED) is 0.413. The molecule has 0 aliphatic rings. The zero-order valence-corrected chi connectivity index (χ0v) is 14.8. The van der Waals surface area contributed by atoms with E-state index < -0.39 is 5.76 Å². The van der Waals surface area contributed by atoms with Crippen LogP contribution in [0.4, 0.5) is 0 Å². The highest BCUT2D eigenvalue weighted by Gasteiger charge is 2.13. The van der Waals surface area contributed by atoms with Crippen molar-refractivity contribution in [1.29, 1.82) is 0 Å². The number of aliphatic hydroxyl groups excluding tert-OH is 1. The summed E-state index contributed by atoms with van der Waals surface area (Å²) in [5.74, 6) is -0.772. The third-order valence-electron chi connectivity index (χ3n) is 4.26. The van der Waals surface area contributed by atoms with E-state index >= 15 is 0 Å². The number of benzene rings is 1. The molecule has 4 rings (SSSR count). The van der Waals surface area contributed by atoms with E-state index in [4.69, 9.17) is 14.3 Å². The number of hydrogen-bond donors (Lipinski definition) is 3. The average molecular weight is 382 g/mol. The Morgan fingerprint density at radius 1 is 1.25 bits per heavy atom. The number of H-pyrrole nitrogens is 1. The van der Waals surface area contributed by atoms with Gasteiger partial charge < -0.3 is 19.6 Å². The van der Waals surface area contributed by atoms with Gasteiger partial charge in [-0.1, -0.05) is 6.07 Å². The number of aromatic nitrogens is 3. The van der Waals surface area contributed by atoms with Crippen molar-refractivity contribution >= 4 is 22.7 Å². The number of fused-ring (bicyclic) bond motifs is 2. The summed E-state index contributed by atoms with van der Waals surface area (Å²) >= 11 is 0. The van der Waals surface area contributed by atoms with Gasteiger partial charge in [-0.3, -0.25) is 14.2 Å². The van der Waals surface area contributed by atoms with E-state index in [2.05, 4.69) is 15.3 Å². The minimum Gasteiger partial charge on any atom is -0.408 e. The number of amides is 1. The second-order valence-electron chi connectivity index (χ2n) is 6.11. The molecule has 0 saturated heterocycles. The number of ether oxygens (including phenoxy) is 1. The molecule has 0 bridgehead atoms. The maximum absolute atomic E-state index is 12.4. The SMILES string of the molecule is O=C(NCCOCCO)c1cnc2ccc(-c3ccc4oc(=O)[nH]c4c3)cn12. The van der Waals surface area contributed by atoms with Gasteiger partial charge in [0, 0.05) is 12.7 Å². The van der Waals surface area contributed by atoms with E-state index in [9.17, 15) is 9.59 Å². The Balaban J connectivity index is 1.60. The van der Waals surface area contributed by atoms with Crippen molar-refractivity contribution in [2.24, 2.45) is 0 Å². The molecular formula is C19H18N4O5. The third kappa shape index (κ3) is 3.53. The zero-order chi connectivity index (χ0) is 19.5. The van der Waals surface area contributed by atoms with Crippen LogP contribution in [0.25, 0.3) is 27.9 Å². The number of carbonyl (C=O) groups excluding carboxylic acids is 1. The smallest absolute Gasteiger partial charge is 0.408 e. The summed E-state index contributed by atoms with van der Waals surface area (Å²) < 4.78 is 11.9. The molecule has 0 aliphatic heterocycles. The molecular weight excluding hydrogens is 364 g/mol. The van der Waals surface area contributed by atoms with Crippen molar-refractivity contribution in [1.82, 2.24) is 19.7 Å². The monoisotopic (exact) mass is 382 g/mol. The van der Waals surface area contributed by atoms with Crippen LogP contribution in [0.1, 0.15) is 10.5 Å². The Bertz CT molecular complexity index is 1190. The summed E-state index contributed by atoms with van der Waals surface area (Å²) in [6.45, 7) is 0.830. The molecule has 9 heteroatoms. The van der Waals surface area contributed by atoms with Crippen LogP contribution in [0.2, 0.25) is 0 Å². The number of oxazole rings is 1. The Labute approximate surface area is 158 Å². The molecule has 0 fully saturated rings. The van der Waals surface area contributed by atoms with E-state index in [0.29, 0.717) is 35.6 Å². The highest BCUT2D eigenvalue weighted by atomic mass is 16.5. The highest BCUT2D eigenvalue weighted by molar-refractivity contribution is 5.93. The molecule has 0 radical (unpaired) electrons. The summed E-state index contributed by atoms with van der Waals surface area (Å²) in [5.41, 5.74) is 3.86. The van der Waals surface area contributed by atoms with Gasteiger partial charge in [-0.05, 0) is 35.4 Å². The van der Waals surface area contributed by atoms with Crippen molar-refractivity contribution in [2.75, 3.05) is 26.4 Å². The van der Waals surface area contributed by atoms with Gasteiger partial charge in [0.05, 0.1) is 31.5 Å². The fourth-order valence-corrected chi connectivity index (χ4v) is 2.94. The molecule has 0 atom stereocenters. The van der Waals surface area contributed by atoms with E-state index in [1.807, 2.05) is 30.5 Å². The van der Waals surface area contributed by atoms with E-state index in [1.165, 1.54) is 6.20 Å². The minimum atomic E-state index is -0.501. The van der Waals surface area contributed by atoms with Crippen LogP contribution < -0.4 is 11.1 Å². The number of pyridine rings is 1. The number of carbonyl (C=O) groups is 1. The number of aromatic amines is 1. The molecule has 0 saturated carbocycles. The van der Waals surface area contributed by atoms with Crippen molar-refractivity contribution in [3.05, 3.63) is 59.0 Å². The third-order valence-corrected chi connectivity index (χ3v) is 4.26. The molecule has 1 aromatic carbocycles. The molecule has 3 aromatic heterocycles. The molecule has 28 heavy (non-hydrogen) atoms. The molecule has 0 aliphatic carbocycles. The first-order chi connectivity index (χ1) is 13.7. The normalized spacial score (nSPS) is 11.3. The number of imidazole rings is 1. The largest absolute Gasteiger partial charge is 0.417 e. The maximum atomic E-state index is 12.4. The van der Waals surface area contributed by atoms with E-state index in [-0.39, 0.29) is 19.1 Å². The van der Waals surface area contributed by atoms with Gasteiger partial charge in [-0.15, -0.1) is 0 Å². The summed E-state index contributed by atoms with van der Waals surface area (Å²) in [5, 5.41) is 11.4. The van der Waals surface area contributed by atoms with Gasteiger partial charge in [0.2, 0.25) is 0 Å². The molecule has 1 amide bonds. The van der Waals surface area contributed by atoms with Crippen molar-refractivity contribution in [3.63, 3.8) is 0 Å². The summed E-state index contributed by atoms with van der Waals surface area (Å²) in [4.78, 5) is 30.7. The number of rotatable bonds is 7. The predicted molar refractivity (Wildman–Crippen MR) is 101 cm³/mol. The molecule has 3 heterocycles. The Hall–Kier alpha value is -3.43. The molecule has 0 spiro atoms. The van der Waals surface area contributed by atoms with Gasteiger partial charge in [0.1, 0.15) is 11.3 Å². The van der Waals surface area contributed by atoms with Crippen molar-refractivity contribution in [3.8, 4) is 11.1 Å². The second-order valence-corrected chi connectivity index (χ2v) is 6.11. The Kier molecular flexibility index (Phi) is 4.92. The second kappa shape index (κ2) is 7.67. The first-order valence-electron chi connectivity index (χ1n) is 8.73. The summed E-state index contributed by atoms with van der Waals surface area (Å²) in [6.07, 6.45) is 3.33. The van der Waals surface area contributed by atoms with Gasteiger partial charge in [0.15, 0.2) is 5.58 Å². The standard InChI is InChI=1S/C19H18N4O5/c24-6-8-27-7-5-20-18(25)15-10-21-17-4-2-13(11-23(15)17)12-1-3-16-14(9-12)22-19(26)28-16/h1-4,9-11,24H,5-8H2,(H,20,25)(H,22,26). The van der Waals surface area contributed by atoms with Crippen LogP contribution >= 0.6 is 0 Å². The number of nitrogens with zero attached hydrogens (tertiary/aromatic N) is 2. The van der Waals surface area contributed by atoms with Gasteiger partial charge in [-0.2, -0.15) is 0 Å². The molecule has 0 unspecified atom stereocenters. The number of hydrogen-bond acceptors (Lipinski definition) is 6. The predicted octanol–water partition coefficient (Wildman–Crippen LogP) is 1.17. The maximum Gasteiger partial charge on any atom is 0.417 e. The Morgan fingerprint density at radius 2 is 2.11 bits per heavy atom. The van der Waals surface area contributed by atoms with E-state index in [1.54, 1.807) is 10.5 Å². The van der Waals surface area contributed by atoms with Crippen LogP contribution in [-0.2, 0) is 4.74 Å². The van der Waals surface area contributed by atoms with Crippen molar-refractivity contribution in [2.45, 2.75) is 0 Å². The zero-order valence-electron chi connectivity index (χ0n) is 14.8. The number of nitrogens with one attached hydrogen (secondary N) is 2. The van der Waals surface area contributed by atoms with Gasteiger partial charge in [-0.25, -0.2) is 9.78 Å². The topological polar surface area (TPSA) is 122 Å². The van der Waals surface area contributed by atoms with Crippen LogP contribution in [0.15, 0.2) is 51.9 Å². The van der Waals surface area contributed by atoms with Gasteiger partial charge >= 0.3 is 5.76 Å². The fraction of sp³-hybridized carbons (Fsp3) is 0.211. The summed E-state index contributed by atoms with van der Waals surface area (Å²) in [6, 6.07) is 9.09.